The Morgan fingerprint density at radius 3 is 2.81 bits per heavy atom. The fourth-order valence-electron chi connectivity index (χ4n) is 3.04. The van der Waals surface area contributed by atoms with Crippen molar-refractivity contribution in [3.8, 4) is 11.1 Å². The zero-order chi connectivity index (χ0) is 14.4. The lowest BCUT2D eigenvalue weighted by Gasteiger charge is -2.07. The summed E-state index contributed by atoms with van der Waals surface area (Å²) in [5.41, 5.74) is 5.05. The molecule has 1 unspecified atom stereocenters. The van der Waals surface area contributed by atoms with E-state index in [2.05, 4.69) is 53.6 Å². The van der Waals surface area contributed by atoms with Crippen molar-refractivity contribution in [2.75, 3.05) is 5.32 Å². The van der Waals surface area contributed by atoms with Gasteiger partial charge in [0.15, 0.2) is 0 Å². The summed E-state index contributed by atoms with van der Waals surface area (Å²) >= 11 is 6.21. The minimum Gasteiger partial charge on any atom is -0.382 e. The molecular weight excluding hydrogens is 280 g/mol. The second-order valence-electron chi connectivity index (χ2n) is 5.66. The van der Waals surface area contributed by atoms with Gasteiger partial charge in [-0.15, -0.1) is 0 Å². The number of halogens is 1. The topological polar surface area (TPSA) is 24.9 Å². The van der Waals surface area contributed by atoms with Gasteiger partial charge in [-0.2, -0.15) is 0 Å². The van der Waals surface area contributed by atoms with Crippen molar-refractivity contribution in [1.82, 2.24) is 4.98 Å². The van der Waals surface area contributed by atoms with Crippen LogP contribution in [0, 0.1) is 0 Å². The molecule has 0 bridgehead atoms. The number of nitrogens with one attached hydrogen (secondary N) is 1. The molecule has 2 heterocycles. The Labute approximate surface area is 128 Å². The molecule has 1 aliphatic heterocycles. The van der Waals surface area contributed by atoms with Crippen LogP contribution in [0.25, 0.3) is 21.9 Å². The van der Waals surface area contributed by atoms with Crippen molar-refractivity contribution in [3.63, 3.8) is 0 Å². The van der Waals surface area contributed by atoms with E-state index in [4.69, 9.17) is 11.6 Å². The number of aromatic nitrogens is 1. The third kappa shape index (κ3) is 2.16. The second kappa shape index (κ2) is 4.74. The average Bonchev–Trinajstić information content (AvgIpc) is 2.86. The first-order valence-corrected chi connectivity index (χ1v) is 7.52. The fourth-order valence-corrected chi connectivity index (χ4v) is 3.26. The van der Waals surface area contributed by atoms with Crippen molar-refractivity contribution in [1.29, 1.82) is 0 Å². The van der Waals surface area contributed by atoms with E-state index in [1.165, 1.54) is 22.4 Å². The Morgan fingerprint density at radius 1 is 1.10 bits per heavy atom. The molecule has 0 aliphatic carbocycles. The van der Waals surface area contributed by atoms with Crippen molar-refractivity contribution >= 4 is 28.1 Å². The van der Waals surface area contributed by atoms with Crippen molar-refractivity contribution < 1.29 is 0 Å². The molecule has 4 rings (SSSR count). The minimum absolute atomic E-state index is 0.519. The standard InChI is InChI=1S/C18H15ClN2/c1-11-8-15-9-13(4-5-17(15)21-11)14-3-2-12-6-7-20-18(19)16(12)10-14/h2-7,9-11,21H,8H2,1H3. The Balaban J connectivity index is 1.84. The highest BCUT2D eigenvalue weighted by molar-refractivity contribution is 6.34. The lowest BCUT2D eigenvalue weighted by atomic mass is 9.99. The molecule has 3 aromatic rings. The predicted molar refractivity (Wildman–Crippen MR) is 89.0 cm³/mol. The molecule has 2 aromatic carbocycles. The highest BCUT2D eigenvalue weighted by Gasteiger charge is 2.16. The molecule has 0 spiro atoms. The maximum absolute atomic E-state index is 6.21. The molecule has 21 heavy (non-hydrogen) atoms. The minimum atomic E-state index is 0.519. The Kier molecular flexibility index (Phi) is 2.86. The van der Waals surface area contributed by atoms with Crippen molar-refractivity contribution in [3.05, 3.63) is 59.4 Å². The van der Waals surface area contributed by atoms with E-state index in [1.807, 2.05) is 6.07 Å². The van der Waals surface area contributed by atoms with Crippen LogP contribution in [0.4, 0.5) is 5.69 Å². The van der Waals surface area contributed by atoms with Gasteiger partial charge in [-0.05, 0) is 59.7 Å². The summed E-state index contributed by atoms with van der Waals surface area (Å²) in [6.45, 7) is 2.21. The number of fused-ring (bicyclic) bond motifs is 2. The van der Waals surface area contributed by atoms with E-state index in [-0.39, 0.29) is 0 Å². The van der Waals surface area contributed by atoms with Crippen LogP contribution in [0.5, 0.6) is 0 Å². The van der Waals surface area contributed by atoms with E-state index < -0.39 is 0 Å². The predicted octanol–water partition coefficient (Wildman–Crippen LogP) is 4.91. The number of rotatable bonds is 1. The van der Waals surface area contributed by atoms with Gasteiger partial charge in [-0.25, -0.2) is 4.98 Å². The van der Waals surface area contributed by atoms with Crippen LogP contribution in [-0.4, -0.2) is 11.0 Å². The number of hydrogen-bond acceptors (Lipinski definition) is 2. The number of nitrogens with zero attached hydrogens (tertiary/aromatic N) is 1. The quantitative estimate of drug-likeness (QED) is 0.645. The normalized spacial score (nSPS) is 16.8. The third-order valence-electron chi connectivity index (χ3n) is 4.08. The molecule has 0 radical (unpaired) electrons. The van der Waals surface area contributed by atoms with Crippen LogP contribution >= 0.6 is 11.6 Å². The number of pyridine rings is 1. The Hall–Kier alpha value is -2.06. The lowest BCUT2D eigenvalue weighted by Crippen LogP contribution is -2.08. The monoisotopic (exact) mass is 294 g/mol. The van der Waals surface area contributed by atoms with Crippen LogP contribution in [0.15, 0.2) is 48.7 Å². The molecule has 2 nitrogen and oxygen atoms in total. The van der Waals surface area contributed by atoms with E-state index >= 15 is 0 Å². The summed E-state index contributed by atoms with van der Waals surface area (Å²) in [5, 5.41) is 6.17. The molecule has 0 fully saturated rings. The molecule has 1 atom stereocenters. The van der Waals surface area contributed by atoms with Crippen molar-refractivity contribution in [2.24, 2.45) is 0 Å². The van der Waals surface area contributed by atoms with Gasteiger partial charge in [-0.1, -0.05) is 29.8 Å². The molecular formula is C18H15ClN2. The molecule has 0 saturated heterocycles. The maximum atomic E-state index is 6.21. The van der Waals surface area contributed by atoms with Gasteiger partial charge in [0.05, 0.1) is 0 Å². The summed E-state index contributed by atoms with van der Waals surface area (Å²) in [6, 6.07) is 15.5. The molecule has 3 heteroatoms. The number of benzene rings is 2. The molecule has 0 saturated carbocycles. The smallest absolute Gasteiger partial charge is 0.136 e. The van der Waals surface area contributed by atoms with Crippen LogP contribution in [-0.2, 0) is 6.42 Å². The third-order valence-corrected chi connectivity index (χ3v) is 4.39. The zero-order valence-electron chi connectivity index (χ0n) is 11.7. The second-order valence-corrected chi connectivity index (χ2v) is 6.02. The summed E-state index contributed by atoms with van der Waals surface area (Å²) in [7, 11) is 0. The van der Waals surface area contributed by atoms with Gasteiger partial charge in [-0.3, -0.25) is 0 Å². The highest BCUT2D eigenvalue weighted by Crippen LogP contribution is 2.32. The first kappa shape index (κ1) is 12.7. The SMILES string of the molecule is CC1Cc2cc(-c3ccc4ccnc(Cl)c4c3)ccc2N1. The van der Waals surface area contributed by atoms with Gasteiger partial charge in [0.25, 0.3) is 0 Å². The van der Waals surface area contributed by atoms with Crippen LogP contribution < -0.4 is 5.32 Å². The summed E-state index contributed by atoms with van der Waals surface area (Å²) < 4.78 is 0. The van der Waals surface area contributed by atoms with Gasteiger partial charge >= 0.3 is 0 Å². The van der Waals surface area contributed by atoms with E-state index in [1.54, 1.807) is 6.20 Å². The van der Waals surface area contributed by atoms with Gasteiger partial charge < -0.3 is 5.32 Å². The Morgan fingerprint density at radius 2 is 1.90 bits per heavy atom. The maximum Gasteiger partial charge on any atom is 0.136 e. The van der Waals surface area contributed by atoms with Crippen molar-refractivity contribution in [2.45, 2.75) is 19.4 Å². The summed E-state index contributed by atoms with van der Waals surface area (Å²) in [6.07, 6.45) is 2.83. The molecule has 1 aromatic heterocycles. The van der Waals surface area contributed by atoms with E-state index in [0.717, 1.165) is 17.2 Å². The molecule has 1 aliphatic rings. The van der Waals surface area contributed by atoms with E-state index in [9.17, 15) is 0 Å². The largest absolute Gasteiger partial charge is 0.382 e. The highest BCUT2D eigenvalue weighted by atomic mass is 35.5. The van der Waals surface area contributed by atoms with Gasteiger partial charge in [0, 0.05) is 23.3 Å². The lowest BCUT2D eigenvalue weighted by molar-refractivity contribution is 0.839. The number of hydrogen-bond donors (Lipinski definition) is 1. The van der Waals surface area contributed by atoms with E-state index in [0.29, 0.717) is 11.2 Å². The molecule has 104 valence electrons. The summed E-state index contributed by atoms with van der Waals surface area (Å²) in [5.74, 6) is 0. The van der Waals surface area contributed by atoms with Gasteiger partial charge in [0.1, 0.15) is 5.15 Å². The summed E-state index contributed by atoms with van der Waals surface area (Å²) in [4.78, 5) is 4.17. The van der Waals surface area contributed by atoms with Crippen LogP contribution in [0.1, 0.15) is 12.5 Å². The first-order chi connectivity index (χ1) is 10.2. The molecule has 1 N–H and O–H groups in total. The average molecular weight is 295 g/mol. The Bertz CT molecular complexity index is 842. The zero-order valence-corrected chi connectivity index (χ0v) is 12.5. The molecule has 0 amide bonds. The van der Waals surface area contributed by atoms with Crippen LogP contribution in [0.3, 0.4) is 0 Å². The van der Waals surface area contributed by atoms with Gasteiger partial charge in [0.2, 0.25) is 0 Å². The first-order valence-electron chi connectivity index (χ1n) is 7.15. The van der Waals surface area contributed by atoms with Crippen LogP contribution in [0.2, 0.25) is 5.15 Å². The fraction of sp³-hybridized carbons (Fsp3) is 0.167. The number of anilines is 1.